The van der Waals surface area contributed by atoms with Crippen molar-refractivity contribution in [3.63, 3.8) is 0 Å². The summed E-state index contributed by atoms with van der Waals surface area (Å²) in [5.41, 5.74) is 14.4. The lowest BCUT2D eigenvalue weighted by molar-refractivity contribution is 0.0524. The van der Waals surface area contributed by atoms with Crippen LogP contribution in [0.25, 0.3) is 22.0 Å². The fourth-order valence-electron chi connectivity index (χ4n) is 6.43. The number of benzene rings is 3. The molecule has 1 saturated carbocycles. The molecule has 53 heavy (non-hydrogen) atoms. The molecule has 0 bridgehead atoms. The van der Waals surface area contributed by atoms with Crippen LogP contribution in [0.2, 0.25) is 0 Å². The van der Waals surface area contributed by atoms with Crippen LogP contribution in [-0.2, 0) is 17.6 Å². The van der Waals surface area contributed by atoms with E-state index < -0.39 is 23.0 Å². The number of rotatable bonds is 10. The molecule has 1 aliphatic heterocycles. The number of ether oxygens (including phenoxy) is 3. The highest BCUT2D eigenvalue weighted by Gasteiger charge is 2.29. The van der Waals surface area contributed by atoms with Crippen molar-refractivity contribution in [3.05, 3.63) is 105 Å². The quantitative estimate of drug-likeness (QED) is 0.169. The third-order valence-electron chi connectivity index (χ3n) is 9.27. The fraction of sp³-hybridized carbons (Fsp3) is 0.333. The van der Waals surface area contributed by atoms with Crippen molar-refractivity contribution < 1.29 is 27.8 Å². The number of esters is 1. The van der Waals surface area contributed by atoms with Crippen LogP contribution in [-0.4, -0.2) is 67.6 Å². The summed E-state index contributed by atoms with van der Waals surface area (Å²) in [5, 5.41) is 4.92. The van der Waals surface area contributed by atoms with Crippen molar-refractivity contribution in [2.75, 3.05) is 63.5 Å². The van der Waals surface area contributed by atoms with Crippen molar-refractivity contribution in [2.24, 2.45) is 5.92 Å². The lowest BCUT2D eigenvalue weighted by Crippen LogP contribution is -2.50. The number of anilines is 2. The van der Waals surface area contributed by atoms with E-state index in [1.165, 1.54) is 10.9 Å². The normalized spacial score (nSPS) is 14.0. The van der Waals surface area contributed by atoms with Gasteiger partial charge in [0.25, 0.3) is 0 Å². The second-order valence-electron chi connectivity index (χ2n) is 12.9. The molecule has 7 rings (SSSR count). The number of methoxy groups -OCH3 is 2. The van der Waals surface area contributed by atoms with Gasteiger partial charge in [0.1, 0.15) is 22.7 Å². The molecule has 0 spiro atoms. The van der Waals surface area contributed by atoms with Crippen molar-refractivity contribution >= 4 is 28.6 Å². The minimum absolute atomic E-state index is 0.0159. The number of nitrogens with zero attached hydrogens (tertiary/aromatic N) is 4. The van der Waals surface area contributed by atoms with E-state index in [1.807, 2.05) is 41.4 Å². The largest absolute Gasteiger partial charge is 0.493 e. The lowest BCUT2D eigenvalue weighted by atomic mass is 9.98. The van der Waals surface area contributed by atoms with Gasteiger partial charge in [-0.15, -0.1) is 0 Å². The van der Waals surface area contributed by atoms with Crippen LogP contribution in [0, 0.1) is 17.6 Å². The molecule has 0 unspecified atom stereocenters. The average molecular weight is 728 g/mol. The van der Waals surface area contributed by atoms with Crippen molar-refractivity contribution in [1.82, 2.24) is 20.0 Å². The van der Waals surface area contributed by atoms with Gasteiger partial charge < -0.3 is 36.0 Å². The summed E-state index contributed by atoms with van der Waals surface area (Å²) in [6.45, 7) is 4.23. The van der Waals surface area contributed by atoms with Crippen LogP contribution in [0.5, 0.6) is 11.5 Å². The highest BCUT2D eigenvalue weighted by atomic mass is 19.1. The molecule has 5 N–H and O–H groups in total. The summed E-state index contributed by atoms with van der Waals surface area (Å²) >= 11 is 0. The van der Waals surface area contributed by atoms with Gasteiger partial charge in [-0.05, 0) is 61.4 Å². The number of carbonyl (C=O) groups is 1. The minimum atomic E-state index is -0.791. The van der Waals surface area contributed by atoms with E-state index in [4.69, 9.17) is 25.7 Å². The molecule has 278 valence electrons. The maximum atomic E-state index is 15.4. The van der Waals surface area contributed by atoms with Crippen LogP contribution < -0.4 is 36.7 Å². The predicted octanol–water partition coefficient (Wildman–Crippen LogP) is 4.87. The lowest BCUT2D eigenvalue weighted by Gasteiger charge is -2.33. The summed E-state index contributed by atoms with van der Waals surface area (Å²) in [5.74, 6) is -0.0505. The maximum Gasteiger partial charge on any atom is 0.343 e. The van der Waals surface area contributed by atoms with E-state index in [-0.39, 0.29) is 34.6 Å². The first-order valence-corrected chi connectivity index (χ1v) is 17.5. The number of hydrogen-bond donors (Lipinski definition) is 3. The van der Waals surface area contributed by atoms with Crippen LogP contribution in [0.15, 0.2) is 65.7 Å². The van der Waals surface area contributed by atoms with Gasteiger partial charge >= 0.3 is 5.97 Å². The van der Waals surface area contributed by atoms with Crippen LogP contribution in [0.3, 0.4) is 0 Å². The van der Waals surface area contributed by atoms with Gasteiger partial charge in [0.15, 0.2) is 17.3 Å². The number of nitrogens with two attached hydrogens (primary N) is 2. The van der Waals surface area contributed by atoms with E-state index in [1.54, 1.807) is 27.3 Å². The van der Waals surface area contributed by atoms with E-state index >= 15 is 4.39 Å². The molecule has 14 heteroatoms. The molecule has 2 aliphatic rings. The van der Waals surface area contributed by atoms with E-state index in [2.05, 4.69) is 21.4 Å². The molecule has 0 radical (unpaired) electrons. The van der Waals surface area contributed by atoms with Crippen molar-refractivity contribution in [2.45, 2.75) is 32.6 Å². The summed E-state index contributed by atoms with van der Waals surface area (Å²) in [7, 11) is 3.26. The molecule has 3 heterocycles. The van der Waals surface area contributed by atoms with E-state index in [0.29, 0.717) is 62.3 Å². The second-order valence-corrected chi connectivity index (χ2v) is 12.9. The smallest absolute Gasteiger partial charge is 0.343 e. The standard InChI is InChI=1S/C20H23F2N3O3.C19H20N4O2/c1-2-28-20(27)15-11-25(24-7-5-23-6-8-24)18-14(19(15)26)10-16(21)13(17(18)22)9-12-3-4-12;1-24-16-10-12(8-14-11-22-19(21)23-18(14)20)9-15(17(16)25-2)13-6-4-3-5-7-13/h10-12,23H,2-9H2,1H3;3-7,9-11H,8H2,1-2H3,(H4,20,21,22,23). The molecule has 1 saturated heterocycles. The van der Waals surface area contributed by atoms with Gasteiger partial charge in [-0.1, -0.05) is 30.3 Å². The van der Waals surface area contributed by atoms with Gasteiger partial charge in [-0.3, -0.25) is 9.47 Å². The monoisotopic (exact) mass is 727 g/mol. The van der Waals surface area contributed by atoms with E-state index in [0.717, 1.165) is 41.2 Å². The topological polar surface area (TPSA) is 160 Å². The van der Waals surface area contributed by atoms with Gasteiger partial charge in [-0.25, -0.2) is 18.6 Å². The Morgan fingerprint density at radius 1 is 1.04 bits per heavy atom. The molecule has 1 aliphatic carbocycles. The zero-order valence-electron chi connectivity index (χ0n) is 30.0. The zero-order valence-corrected chi connectivity index (χ0v) is 30.0. The number of fused-ring (bicyclic) bond motifs is 1. The number of aromatic nitrogens is 3. The molecule has 12 nitrogen and oxygen atoms in total. The van der Waals surface area contributed by atoms with Crippen molar-refractivity contribution in [3.8, 4) is 22.6 Å². The number of nitrogen functional groups attached to an aromatic ring is 2. The summed E-state index contributed by atoms with van der Waals surface area (Å²) in [6.07, 6.45) is 5.79. The molecule has 2 aromatic heterocycles. The predicted molar refractivity (Wildman–Crippen MR) is 200 cm³/mol. The summed E-state index contributed by atoms with van der Waals surface area (Å²) in [4.78, 5) is 33.2. The highest BCUT2D eigenvalue weighted by Crippen LogP contribution is 2.40. The number of pyridine rings is 1. The van der Waals surface area contributed by atoms with Gasteiger partial charge in [0.05, 0.1) is 26.2 Å². The number of piperazine rings is 1. The van der Waals surface area contributed by atoms with E-state index in [9.17, 15) is 14.0 Å². The first kappa shape index (κ1) is 37.0. The molecule has 0 atom stereocenters. The number of halogens is 2. The van der Waals surface area contributed by atoms with Gasteiger partial charge in [0, 0.05) is 61.7 Å². The SMILES string of the molecule is CCOC(=O)c1cn(N2CCNCC2)c2c(F)c(CC3CC3)c(F)cc2c1=O.COc1cc(Cc2cnc(N)nc2N)cc(-c2ccccc2)c1OC. The zero-order chi connectivity index (χ0) is 37.6. The third kappa shape index (κ3) is 8.17. The molecular formula is C39H43F2N7O5. The van der Waals surface area contributed by atoms with Gasteiger partial charge in [0.2, 0.25) is 11.4 Å². The Bertz CT molecular complexity index is 2170. The molecular weight excluding hydrogens is 684 g/mol. The Kier molecular flexibility index (Phi) is 11.4. The molecule has 5 aromatic rings. The molecule has 0 amide bonds. The third-order valence-corrected chi connectivity index (χ3v) is 9.27. The Hall–Kier alpha value is -5.76. The average Bonchev–Trinajstić information content (AvgIpc) is 4.00. The summed E-state index contributed by atoms with van der Waals surface area (Å²) < 4.78 is 47.7. The first-order chi connectivity index (χ1) is 25.6. The van der Waals surface area contributed by atoms with Crippen LogP contribution >= 0.6 is 0 Å². The minimum Gasteiger partial charge on any atom is -0.493 e. The van der Waals surface area contributed by atoms with Gasteiger partial charge in [-0.2, -0.15) is 4.98 Å². The Labute approximate surface area is 305 Å². The molecule has 2 fully saturated rings. The molecule has 3 aromatic carbocycles. The highest BCUT2D eigenvalue weighted by molar-refractivity contribution is 5.94. The summed E-state index contributed by atoms with van der Waals surface area (Å²) in [6, 6.07) is 15.1. The van der Waals surface area contributed by atoms with Crippen LogP contribution in [0.4, 0.5) is 20.5 Å². The Morgan fingerprint density at radius 2 is 1.77 bits per heavy atom. The second kappa shape index (κ2) is 16.3. The number of carbonyl (C=O) groups excluding carboxylic acids is 1. The number of hydrogen-bond acceptors (Lipinski definition) is 11. The number of nitrogens with one attached hydrogen (secondary N) is 1. The van der Waals surface area contributed by atoms with Crippen LogP contribution in [0.1, 0.15) is 46.8 Å². The maximum absolute atomic E-state index is 15.4. The Morgan fingerprint density at radius 3 is 2.42 bits per heavy atom. The van der Waals surface area contributed by atoms with Crippen molar-refractivity contribution in [1.29, 1.82) is 0 Å². The first-order valence-electron chi connectivity index (χ1n) is 17.5. The Balaban J connectivity index is 0.000000183. The fourth-order valence-corrected chi connectivity index (χ4v) is 6.43.